The van der Waals surface area contributed by atoms with Crippen molar-refractivity contribution < 1.29 is 37.2 Å². The number of hydrogen-bond donors (Lipinski definition) is 1. The number of halogens is 3. The van der Waals surface area contributed by atoms with E-state index in [1.807, 2.05) is 5.32 Å². The van der Waals surface area contributed by atoms with Crippen LogP contribution in [0.2, 0.25) is 0 Å². The van der Waals surface area contributed by atoms with Crippen molar-refractivity contribution in [3.63, 3.8) is 0 Å². The van der Waals surface area contributed by atoms with E-state index in [1.165, 1.54) is 13.2 Å². The molecule has 2 rings (SSSR count). The van der Waals surface area contributed by atoms with Gasteiger partial charge in [-0.2, -0.15) is 0 Å². The number of nitro groups is 1. The highest BCUT2D eigenvalue weighted by molar-refractivity contribution is 5.97. The summed E-state index contributed by atoms with van der Waals surface area (Å²) in [4.78, 5) is 33.8. The molecule has 27 heavy (non-hydrogen) atoms. The minimum Gasteiger partial charge on any atom is -0.496 e. The van der Waals surface area contributed by atoms with E-state index in [0.29, 0.717) is 6.07 Å². The molecule has 0 radical (unpaired) electrons. The Morgan fingerprint density at radius 2 is 1.85 bits per heavy atom. The third-order valence-electron chi connectivity index (χ3n) is 3.26. The average Bonchev–Trinajstić information content (AvgIpc) is 2.65. The zero-order valence-electron chi connectivity index (χ0n) is 13.6. The molecule has 1 amide bonds. The molecule has 0 aliphatic carbocycles. The van der Waals surface area contributed by atoms with E-state index in [4.69, 9.17) is 4.74 Å². The van der Waals surface area contributed by atoms with Crippen molar-refractivity contribution in [1.29, 1.82) is 0 Å². The number of carbonyl (C=O) groups excluding carboxylic acids is 2. The van der Waals surface area contributed by atoms with E-state index in [2.05, 4.69) is 4.74 Å². The van der Waals surface area contributed by atoms with Crippen LogP contribution < -0.4 is 10.1 Å². The van der Waals surface area contributed by atoms with E-state index in [-0.39, 0.29) is 11.3 Å². The number of benzene rings is 2. The maximum absolute atomic E-state index is 13.5. The number of anilines is 1. The number of nitrogens with zero attached hydrogens (tertiary/aromatic N) is 1. The van der Waals surface area contributed by atoms with E-state index >= 15 is 0 Å². The van der Waals surface area contributed by atoms with Gasteiger partial charge in [-0.05, 0) is 18.2 Å². The highest BCUT2D eigenvalue weighted by Crippen LogP contribution is 2.25. The summed E-state index contributed by atoms with van der Waals surface area (Å²) >= 11 is 0. The van der Waals surface area contributed by atoms with Crippen LogP contribution in [0.25, 0.3) is 0 Å². The molecule has 11 heteroatoms. The predicted molar refractivity (Wildman–Crippen MR) is 84.9 cm³/mol. The smallest absolute Gasteiger partial charge is 0.342 e. The molecule has 2 aromatic rings. The predicted octanol–water partition coefficient (Wildman–Crippen LogP) is 2.82. The first-order valence-corrected chi connectivity index (χ1v) is 7.17. The van der Waals surface area contributed by atoms with Crippen LogP contribution in [-0.2, 0) is 9.53 Å². The van der Waals surface area contributed by atoms with Gasteiger partial charge in [-0.1, -0.05) is 0 Å². The minimum atomic E-state index is -1.77. The fraction of sp³-hybridized carbons (Fsp3) is 0.125. The Morgan fingerprint density at radius 1 is 1.15 bits per heavy atom. The first kappa shape index (κ1) is 19.7. The van der Waals surface area contributed by atoms with E-state index < -0.39 is 52.2 Å². The molecule has 0 bridgehead atoms. The van der Waals surface area contributed by atoms with Crippen LogP contribution in [0.3, 0.4) is 0 Å². The quantitative estimate of drug-likeness (QED) is 0.355. The summed E-state index contributed by atoms with van der Waals surface area (Å²) in [5, 5.41) is 12.7. The summed E-state index contributed by atoms with van der Waals surface area (Å²) in [5.41, 5.74) is -1.36. The number of non-ortho nitro benzene ring substituents is 1. The third kappa shape index (κ3) is 4.51. The second kappa shape index (κ2) is 8.17. The lowest BCUT2D eigenvalue weighted by atomic mass is 10.2. The van der Waals surface area contributed by atoms with Crippen LogP contribution in [0.5, 0.6) is 5.75 Å². The van der Waals surface area contributed by atoms with Gasteiger partial charge in [0.1, 0.15) is 11.3 Å². The van der Waals surface area contributed by atoms with E-state index in [9.17, 15) is 32.9 Å². The lowest BCUT2D eigenvalue weighted by Crippen LogP contribution is -2.22. The molecule has 0 saturated carbocycles. The Labute approximate surface area is 149 Å². The molecule has 0 spiro atoms. The number of amides is 1. The van der Waals surface area contributed by atoms with Gasteiger partial charge in [0.25, 0.3) is 11.6 Å². The molecule has 0 unspecified atom stereocenters. The van der Waals surface area contributed by atoms with Crippen LogP contribution in [0.1, 0.15) is 10.4 Å². The normalized spacial score (nSPS) is 10.2. The molecule has 0 heterocycles. The molecular weight excluding hydrogens is 373 g/mol. The monoisotopic (exact) mass is 384 g/mol. The number of nitro benzene ring substituents is 1. The molecule has 8 nitrogen and oxygen atoms in total. The van der Waals surface area contributed by atoms with Gasteiger partial charge in [0, 0.05) is 12.1 Å². The minimum absolute atomic E-state index is 0.0299. The Morgan fingerprint density at radius 3 is 2.48 bits per heavy atom. The number of esters is 1. The summed E-state index contributed by atoms with van der Waals surface area (Å²) < 4.78 is 49.0. The van der Waals surface area contributed by atoms with Gasteiger partial charge in [-0.15, -0.1) is 0 Å². The number of rotatable bonds is 6. The van der Waals surface area contributed by atoms with Gasteiger partial charge in [0.15, 0.2) is 24.1 Å². The maximum Gasteiger partial charge on any atom is 0.342 e. The highest BCUT2D eigenvalue weighted by Gasteiger charge is 2.20. The van der Waals surface area contributed by atoms with Crippen molar-refractivity contribution in [3.05, 3.63) is 63.5 Å². The van der Waals surface area contributed by atoms with Crippen molar-refractivity contribution >= 4 is 23.3 Å². The van der Waals surface area contributed by atoms with Crippen molar-refractivity contribution in [2.45, 2.75) is 0 Å². The Hall–Kier alpha value is -3.63. The van der Waals surface area contributed by atoms with Crippen LogP contribution >= 0.6 is 0 Å². The number of nitrogens with one attached hydrogen (secondary N) is 1. The average molecular weight is 384 g/mol. The molecule has 0 atom stereocenters. The van der Waals surface area contributed by atoms with Gasteiger partial charge in [0.05, 0.1) is 17.7 Å². The van der Waals surface area contributed by atoms with Crippen LogP contribution in [0, 0.1) is 27.6 Å². The van der Waals surface area contributed by atoms with Crippen molar-refractivity contribution in [2.75, 3.05) is 19.0 Å². The molecule has 0 fully saturated rings. The zero-order chi connectivity index (χ0) is 20.1. The van der Waals surface area contributed by atoms with Gasteiger partial charge in [-0.3, -0.25) is 14.9 Å². The Bertz CT molecular complexity index is 919. The second-order valence-corrected chi connectivity index (χ2v) is 4.99. The van der Waals surface area contributed by atoms with E-state index in [0.717, 1.165) is 18.2 Å². The molecule has 0 aliphatic heterocycles. The van der Waals surface area contributed by atoms with Crippen LogP contribution in [-0.4, -0.2) is 30.5 Å². The summed E-state index contributed by atoms with van der Waals surface area (Å²) in [5.74, 6) is -7.01. The number of hydrogen-bond acceptors (Lipinski definition) is 6. The molecule has 2 aromatic carbocycles. The molecule has 1 N–H and O–H groups in total. The molecule has 142 valence electrons. The largest absolute Gasteiger partial charge is 0.496 e. The summed E-state index contributed by atoms with van der Waals surface area (Å²) in [6.07, 6.45) is 0. The van der Waals surface area contributed by atoms with Gasteiger partial charge in [-0.25, -0.2) is 18.0 Å². The third-order valence-corrected chi connectivity index (χ3v) is 3.26. The van der Waals surface area contributed by atoms with E-state index in [1.54, 1.807) is 0 Å². The standard InChI is InChI=1S/C16H11F3N2O6/c1-26-12-5-2-8(21(24)25)6-9(12)16(23)27-7-13(22)20-11-4-3-10(17)14(18)15(11)19/h2-6H,7H2,1H3,(H,20,22). The fourth-order valence-corrected chi connectivity index (χ4v) is 1.99. The topological polar surface area (TPSA) is 108 Å². The van der Waals surface area contributed by atoms with Gasteiger partial charge in [0.2, 0.25) is 0 Å². The van der Waals surface area contributed by atoms with Crippen LogP contribution in [0.4, 0.5) is 24.5 Å². The lowest BCUT2D eigenvalue weighted by Gasteiger charge is -2.10. The van der Waals surface area contributed by atoms with Crippen molar-refractivity contribution in [2.24, 2.45) is 0 Å². The highest BCUT2D eigenvalue weighted by atomic mass is 19.2. The Kier molecular flexibility index (Phi) is 5.96. The first-order chi connectivity index (χ1) is 12.7. The Balaban J connectivity index is 2.07. The number of ether oxygens (including phenoxy) is 2. The fourth-order valence-electron chi connectivity index (χ4n) is 1.99. The number of carbonyl (C=O) groups is 2. The van der Waals surface area contributed by atoms with Crippen molar-refractivity contribution in [3.8, 4) is 5.75 Å². The maximum atomic E-state index is 13.5. The second-order valence-electron chi connectivity index (χ2n) is 4.99. The number of methoxy groups -OCH3 is 1. The molecule has 0 aromatic heterocycles. The summed E-state index contributed by atoms with van der Waals surface area (Å²) in [6.45, 7) is -0.914. The summed E-state index contributed by atoms with van der Waals surface area (Å²) in [6, 6.07) is 4.57. The van der Waals surface area contributed by atoms with Crippen molar-refractivity contribution in [1.82, 2.24) is 0 Å². The van der Waals surface area contributed by atoms with Gasteiger partial charge >= 0.3 is 5.97 Å². The molecule has 0 saturated heterocycles. The lowest BCUT2D eigenvalue weighted by molar-refractivity contribution is -0.384. The molecular formula is C16H11F3N2O6. The first-order valence-electron chi connectivity index (χ1n) is 7.17. The SMILES string of the molecule is COc1ccc([N+](=O)[O-])cc1C(=O)OCC(=O)Nc1ccc(F)c(F)c1F. The summed E-state index contributed by atoms with van der Waals surface area (Å²) in [7, 11) is 1.22. The van der Waals surface area contributed by atoms with Gasteiger partial charge < -0.3 is 14.8 Å². The zero-order valence-corrected chi connectivity index (χ0v) is 13.6. The van der Waals surface area contributed by atoms with Crippen LogP contribution in [0.15, 0.2) is 30.3 Å². The molecule has 0 aliphatic rings.